The third-order valence-corrected chi connectivity index (χ3v) is 4.02. The van der Waals surface area contributed by atoms with Gasteiger partial charge in [-0.1, -0.05) is 11.6 Å². The minimum Gasteiger partial charge on any atom is -0.294 e. The van der Waals surface area contributed by atoms with Crippen molar-refractivity contribution in [2.45, 2.75) is 11.5 Å². The molecule has 0 fully saturated rings. The topological polar surface area (TPSA) is 37.8 Å². The van der Waals surface area contributed by atoms with Crippen molar-refractivity contribution in [2.75, 3.05) is 0 Å². The molecule has 2 heterocycles. The maximum absolute atomic E-state index is 13.3. The van der Waals surface area contributed by atoms with Gasteiger partial charge in [-0.05, 0) is 12.1 Å². The largest absolute Gasteiger partial charge is 0.294 e. The van der Waals surface area contributed by atoms with Gasteiger partial charge < -0.3 is 0 Å². The monoisotopic (exact) mass is 270 g/mol. The van der Waals surface area contributed by atoms with Crippen molar-refractivity contribution in [2.24, 2.45) is 0 Å². The SMILES string of the molecule is O=c1c2c([nH]n1-c1ccc(Cl)c(F)c1)CSC2. The molecule has 0 unspecified atom stereocenters. The molecule has 1 aliphatic heterocycles. The summed E-state index contributed by atoms with van der Waals surface area (Å²) in [5.41, 5.74) is 2.07. The quantitative estimate of drug-likeness (QED) is 0.865. The number of nitrogens with zero attached hydrogens (tertiary/aromatic N) is 1. The number of nitrogens with one attached hydrogen (secondary N) is 1. The lowest BCUT2D eigenvalue weighted by Crippen LogP contribution is -2.16. The summed E-state index contributed by atoms with van der Waals surface area (Å²) >= 11 is 7.30. The van der Waals surface area contributed by atoms with Crippen LogP contribution in [0.4, 0.5) is 4.39 Å². The predicted molar refractivity (Wildman–Crippen MR) is 66.4 cm³/mol. The van der Waals surface area contributed by atoms with Crippen LogP contribution >= 0.6 is 23.4 Å². The zero-order valence-electron chi connectivity index (χ0n) is 8.67. The Kier molecular flexibility index (Phi) is 2.52. The molecule has 2 aromatic rings. The standard InChI is InChI=1S/C11H8ClFN2OS/c12-8-2-1-6(3-9(8)13)15-11(16)7-4-17-5-10(7)14-15/h1-3,14H,4-5H2. The number of fused-ring (bicyclic) bond motifs is 1. The number of aromatic nitrogens is 2. The van der Waals surface area contributed by atoms with Gasteiger partial charge in [0, 0.05) is 17.6 Å². The highest BCUT2D eigenvalue weighted by Crippen LogP contribution is 2.26. The van der Waals surface area contributed by atoms with E-state index in [4.69, 9.17) is 11.6 Å². The second-order valence-electron chi connectivity index (χ2n) is 3.80. The van der Waals surface area contributed by atoms with E-state index in [0.29, 0.717) is 11.4 Å². The molecule has 0 bridgehead atoms. The molecule has 88 valence electrons. The molecule has 1 N–H and O–H groups in total. The Balaban J connectivity index is 2.16. The van der Waals surface area contributed by atoms with Crippen molar-refractivity contribution in [1.82, 2.24) is 9.78 Å². The van der Waals surface area contributed by atoms with Crippen LogP contribution in [0.1, 0.15) is 11.3 Å². The number of aromatic amines is 1. The molecule has 3 nitrogen and oxygen atoms in total. The molecule has 1 aromatic heterocycles. The average molecular weight is 271 g/mol. The molecule has 0 radical (unpaired) electrons. The number of thioether (sulfide) groups is 1. The van der Waals surface area contributed by atoms with E-state index in [-0.39, 0.29) is 10.6 Å². The summed E-state index contributed by atoms with van der Waals surface area (Å²) in [4.78, 5) is 12.0. The fourth-order valence-electron chi connectivity index (χ4n) is 1.85. The van der Waals surface area contributed by atoms with Gasteiger partial charge in [0.05, 0.1) is 22.0 Å². The predicted octanol–water partition coefficient (Wildman–Crippen LogP) is 2.70. The summed E-state index contributed by atoms with van der Waals surface area (Å²) in [6.45, 7) is 0. The van der Waals surface area contributed by atoms with Gasteiger partial charge in [-0.3, -0.25) is 9.89 Å². The van der Waals surface area contributed by atoms with Crippen molar-refractivity contribution in [3.05, 3.63) is 50.7 Å². The van der Waals surface area contributed by atoms with Crippen LogP contribution in [0.3, 0.4) is 0 Å². The molecular weight excluding hydrogens is 263 g/mol. The summed E-state index contributed by atoms with van der Waals surface area (Å²) in [7, 11) is 0. The van der Waals surface area contributed by atoms with E-state index in [1.807, 2.05) is 0 Å². The van der Waals surface area contributed by atoms with Crippen molar-refractivity contribution in [3.8, 4) is 5.69 Å². The minimum atomic E-state index is -0.528. The molecule has 3 rings (SSSR count). The van der Waals surface area contributed by atoms with Gasteiger partial charge in [-0.25, -0.2) is 9.07 Å². The first-order valence-corrected chi connectivity index (χ1v) is 6.56. The molecule has 17 heavy (non-hydrogen) atoms. The van der Waals surface area contributed by atoms with Gasteiger partial charge in [0.1, 0.15) is 5.82 Å². The van der Waals surface area contributed by atoms with Crippen LogP contribution in [0.15, 0.2) is 23.0 Å². The third-order valence-electron chi connectivity index (χ3n) is 2.73. The normalized spacial score (nSPS) is 14.0. The van der Waals surface area contributed by atoms with Crippen molar-refractivity contribution < 1.29 is 4.39 Å². The van der Waals surface area contributed by atoms with Gasteiger partial charge in [-0.2, -0.15) is 11.8 Å². The van der Waals surface area contributed by atoms with Gasteiger partial charge in [-0.15, -0.1) is 0 Å². The molecule has 0 spiro atoms. The van der Waals surface area contributed by atoms with Crippen LogP contribution in [-0.4, -0.2) is 9.78 Å². The first-order chi connectivity index (χ1) is 8.16. The maximum Gasteiger partial charge on any atom is 0.275 e. The Hall–Kier alpha value is -1.20. The van der Waals surface area contributed by atoms with E-state index in [1.54, 1.807) is 17.8 Å². The second kappa shape index (κ2) is 3.92. The number of hydrogen-bond donors (Lipinski definition) is 1. The van der Waals surface area contributed by atoms with Crippen molar-refractivity contribution in [1.29, 1.82) is 0 Å². The summed E-state index contributed by atoms with van der Waals surface area (Å²) in [6, 6.07) is 4.31. The number of benzene rings is 1. The summed E-state index contributed by atoms with van der Waals surface area (Å²) in [6.07, 6.45) is 0. The number of halogens is 2. The zero-order valence-corrected chi connectivity index (χ0v) is 10.2. The molecule has 0 saturated heterocycles. The van der Waals surface area contributed by atoms with E-state index < -0.39 is 5.82 Å². The average Bonchev–Trinajstić information content (AvgIpc) is 2.86. The van der Waals surface area contributed by atoms with E-state index in [0.717, 1.165) is 17.0 Å². The summed E-state index contributed by atoms with van der Waals surface area (Å²) in [5, 5.41) is 3.05. The Morgan fingerprint density at radius 1 is 1.41 bits per heavy atom. The Bertz CT molecular complexity index is 649. The van der Waals surface area contributed by atoms with Gasteiger partial charge >= 0.3 is 0 Å². The van der Waals surface area contributed by atoms with Crippen LogP contribution < -0.4 is 5.56 Å². The zero-order chi connectivity index (χ0) is 12.0. The number of rotatable bonds is 1. The smallest absolute Gasteiger partial charge is 0.275 e. The second-order valence-corrected chi connectivity index (χ2v) is 5.19. The maximum atomic E-state index is 13.3. The molecular formula is C11H8ClFN2OS. The Labute approximate surface area is 106 Å². The lowest BCUT2D eigenvalue weighted by molar-refractivity contribution is 0.625. The van der Waals surface area contributed by atoms with E-state index >= 15 is 0 Å². The minimum absolute atomic E-state index is 0.0523. The molecule has 1 aromatic carbocycles. The lowest BCUT2D eigenvalue weighted by Gasteiger charge is -2.03. The van der Waals surface area contributed by atoms with Crippen LogP contribution in [0.5, 0.6) is 0 Å². The number of hydrogen-bond acceptors (Lipinski definition) is 2. The molecule has 0 atom stereocenters. The van der Waals surface area contributed by atoms with Crippen LogP contribution in [0.2, 0.25) is 5.02 Å². The van der Waals surface area contributed by atoms with Crippen LogP contribution in [0.25, 0.3) is 5.69 Å². The van der Waals surface area contributed by atoms with Crippen molar-refractivity contribution >= 4 is 23.4 Å². The van der Waals surface area contributed by atoms with E-state index in [2.05, 4.69) is 5.10 Å². The first-order valence-electron chi connectivity index (χ1n) is 5.03. The molecule has 0 amide bonds. The molecule has 0 saturated carbocycles. The van der Waals surface area contributed by atoms with Crippen molar-refractivity contribution in [3.63, 3.8) is 0 Å². The van der Waals surface area contributed by atoms with E-state index in [9.17, 15) is 9.18 Å². The fraction of sp³-hybridized carbons (Fsp3) is 0.182. The highest BCUT2D eigenvalue weighted by molar-refractivity contribution is 7.98. The summed E-state index contributed by atoms with van der Waals surface area (Å²) in [5.74, 6) is 0.988. The highest BCUT2D eigenvalue weighted by atomic mass is 35.5. The van der Waals surface area contributed by atoms with Crippen LogP contribution in [-0.2, 0) is 11.5 Å². The first kappa shape index (κ1) is 10.9. The molecule has 1 aliphatic rings. The molecule has 0 aliphatic carbocycles. The van der Waals surface area contributed by atoms with E-state index in [1.165, 1.54) is 16.8 Å². The van der Waals surface area contributed by atoms with Gasteiger partial charge in [0.25, 0.3) is 5.56 Å². The Morgan fingerprint density at radius 2 is 2.24 bits per heavy atom. The van der Waals surface area contributed by atoms with Crippen LogP contribution in [0, 0.1) is 5.82 Å². The fourth-order valence-corrected chi connectivity index (χ4v) is 3.01. The van der Waals surface area contributed by atoms with Gasteiger partial charge in [0.2, 0.25) is 0 Å². The third kappa shape index (κ3) is 1.70. The highest BCUT2D eigenvalue weighted by Gasteiger charge is 2.20. The van der Waals surface area contributed by atoms with Gasteiger partial charge in [0.15, 0.2) is 0 Å². The lowest BCUT2D eigenvalue weighted by atomic mass is 10.3. The number of H-pyrrole nitrogens is 1. The molecule has 6 heteroatoms. The Morgan fingerprint density at radius 3 is 2.94 bits per heavy atom. The summed E-state index contributed by atoms with van der Waals surface area (Å²) < 4.78 is 14.7.